The van der Waals surface area contributed by atoms with Crippen molar-refractivity contribution in [3.63, 3.8) is 0 Å². The molecule has 1 aliphatic heterocycles. The van der Waals surface area contributed by atoms with Crippen LogP contribution in [0.4, 0.5) is 0 Å². The zero-order valence-corrected chi connectivity index (χ0v) is 9.32. The number of hydrogen-bond donors (Lipinski definition) is 1. The lowest BCUT2D eigenvalue weighted by molar-refractivity contribution is -0.142. The van der Waals surface area contributed by atoms with Crippen LogP contribution in [-0.4, -0.2) is 35.1 Å². The zero-order chi connectivity index (χ0) is 10.7. The van der Waals surface area contributed by atoms with Crippen LogP contribution in [0.1, 0.15) is 44.9 Å². The Bertz CT molecular complexity index is 224. The van der Waals surface area contributed by atoms with E-state index in [-0.39, 0.29) is 5.92 Å². The van der Waals surface area contributed by atoms with Gasteiger partial charge in [-0.3, -0.25) is 4.79 Å². The molecule has 0 aromatic rings. The predicted molar refractivity (Wildman–Crippen MR) is 58.8 cm³/mol. The molecule has 0 amide bonds. The molecule has 3 heteroatoms. The Morgan fingerprint density at radius 2 is 1.73 bits per heavy atom. The van der Waals surface area contributed by atoms with E-state index in [0.29, 0.717) is 6.04 Å². The van der Waals surface area contributed by atoms with Crippen molar-refractivity contribution in [1.82, 2.24) is 4.90 Å². The van der Waals surface area contributed by atoms with Crippen molar-refractivity contribution in [3.05, 3.63) is 0 Å². The molecular formula is C12H21NO2. The molecule has 1 heterocycles. The van der Waals surface area contributed by atoms with Gasteiger partial charge in [0.2, 0.25) is 0 Å². The molecule has 1 N–H and O–H groups in total. The van der Waals surface area contributed by atoms with E-state index in [2.05, 4.69) is 4.90 Å². The Hall–Kier alpha value is -0.570. The van der Waals surface area contributed by atoms with E-state index in [9.17, 15) is 4.79 Å². The third-order valence-electron chi connectivity index (χ3n) is 3.90. The van der Waals surface area contributed by atoms with Gasteiger partial charge in [-0.15, -0.1) is 0 Å². The highest BCUT2D eigenvalue weighted by molar-refractivity contribution is 5.70. The van der Waals surface area contributed by atoms with E-state index in [0.717, 1.165) is 19.3 Å². The van der Waals surface area contributed by atoms with Crippen LogP contribution in [-0.2, 0) is 4.79 Å². The lowest BCUT2D eigenvalue weighted by Gasteiger charge is -2.27. The monoisotopic (exact) mass is 211 g/mol. The molecular weight excluding hydrogens is 190 g/mol. The summed E-state index contributed by atoms with van der Waals surface area (Å²) in [5, 5.41) is 9.11. The van der Waals surface area contributed by atoms with E-state index in [4.69, 9.17) is 5.11 Å². The summed E-state index contributed by atoms with van der Waals surface area (Å²) in [6.07, 6.45) is 7.90. The number of rotatable bonds is 2. The van der Waals surface area contributed by atoms with Crippen LogP contribution >= 0.6 is 0 Å². The van der Waals surface area contributed by atoms with E-state index in [1.807, 2.05) is 0 Å². The summed E-state index contributed by atoms with van der Waals surface area (Å²) in [5.74, 6) is -0.667. The molecule has 1 saturated heterocycles. The van der Waals surface area contributed by atoms with Gasteiger partial charge in [0.1, 0.15) is 0 Å². The molecule has 86 valence electrons. The third-order valence-corrected chi connectivity index (χ3v) is 3.90. The maximum atomic E-state index is 11.0. The highest BCUT2D eigenvalue weighted by atomic mass is 16.4. The first-order valence-corrected chi connectivity index (χ1v) is 6.24. The van der Waals surface area contributed by atoms with Crippen molar-refractivity contribution in [3.8, 4) is 0 Å². The Morgan fingerprint density at radius 3 is 2.40 bits per heavy atom. The number of carbonyl (C=O) groups is 1. The molecule has 0 bridgehead atoms. The fraction of sp³-hybridized carbons (Fsp3) is 0.917. The third kappa shape index (κ3) is 2.71. The lowest BCUT2D eigenvalue weighted by atomic mass is 9.97. The molecule has 3 nitrogen and oxygen atoms in total. The second kappa shape index (κ2) is 4.97. The predicted octanol–water partition coefficient (Wildman–Crippen LogP) is 2.12. The molecule has 0 radical (unpaired) electrons. The first-order valence-electron chi connectivity index (χ1n) is 6.24. The van der Waals surface area contributed by atoms with E-state index < -0.39 is 5.97 Å². The highest BCUT2D eigenvalue weighted by Crippen LogP contribution is 2.28. The van der Waals surface area contributed by atoms with Crippen LogP contribution in [0.2, 0.25) is 0 Å². The minimum Gasteiger partial charge on any atom is -0.481 e. The molecule has 0 aromatic heterocycles. The van der Waals surface area contributed by atoms with Crippen LogP contribution < -0.4 is 0 Å². The molecule has 2 atom stereocenters. The van der Waals surface area contributed by atoms with Gasteiger partial charge in [0.15, 0.2) is 0 Å². The summed E-state index contributed by atoms with van der Waals surface area (Å²) < 4.78 is 0. The molecule has 1 saturated carbocycles. The molecule has 15 heavy (non-hydrogen) atoms. The summed E-state index contributed by atoms with van der Waals surface area (Å²) in [6, 6.07) is 0.552. The van der Waals surface area contributed by atoms with Crippen molar-refractivity contribution < 1.29 is 9.90 Å². The van der Waals surface area contributed by atoms with Crippen molar-refractivity contribution in [2.24, 2.45) is 5.92 Å². The number of nitrogens with zero attached hydrogens (tertiary/aromatic N) is 1. The quantitative estimate of drug-likeness (QED) is 0.711. The van der Waals surface area contributed by atoms with Crippen molar-refractivity contribution >= 4 is 5.97 Å². The van der Waals surface area contributed by atoms with Gasteiger partial charge >= 0.3 is 5.97 Å². The summed E-state index contributed by atoms with van der Waals surface area (Å²) in [6.45, 7) is 2.38. The fourth-order valence-corrected chi connectivity index (χ4v) is 3.00. The Labute approximate surface area is 91.5 Å². The summed E-state index contributed by atoms with van der Waals surface area (Å²) in [7, 11) is 0. The molecule has 2 unspecified atom stereocenters. The average molecular weight is 211 g/mol. The summed E-state index contributed by atoms with van der Waals surface area (Å²) in [5.41, 5.74) is 0. The van der Waals surface area contributed by atoms with Crippen molar-refractivity contribution in [2.45, 2.75) is 51.0 Å². The number of carboxylic acid groups (broad SMARTS) is 1. The standard InChI is InChI=1S/C12H21NO2/c14-12(15)10-5-1-2-6-11(9-10)13-7-3-4-8-13/h10-11H,1-9H2,(H,14,15). The molecule has 2 fully saturated rings. The van der Waals surface area contributed by atoms with Gasteiger partial charge in [-0.1, -0.05) is 12.8 Å². The second-order valence-corrected chi connectivity index (χ2v) is 4.95. The average Bonchev–Trinajstić information content (AvgIpc) is 2.62. The summed E-state index contributed by atoms with van der Waals surface area (Å²) in [4.78, 5) is 13.6. The van der Waals surface area contributed by atoms with Crippen LogP contribution in [0.15, 0.2) is 0 Å². The van der Waals surface area contributed by atoms with Crippen LogP contribution in [0.25, 0.3) is 0 Å². The Morgan fingerprint density at radius 1 is 1.07 bits per heavy atom. The molecule has 2 rings (SSSR count). The fourth-order valence-electron chi connectivity index (χ4n) is 3.00. The zero-order valence-electron chi connectivity index (χ0n) is 9.32. The largest absolute Gasteiger partial charge is 0.481 e. The van der Waals surface area contributed by atoms with Crippen LogP contribution in [0, 0.1) is 5.92 Å². The molecule has 1 aliphatic carbocycles. The van der Waals surface area contributed by atoms with Gasteiger partial charge in [-0.05, 0) is 45.2 Å². The number of likely N-dealkylation sites (tertiary alicyclic amines) is 1. The van der Waals surface area contributed by atoms with Crippen LogP contribution in [0.3, 0.4) is 0 Å². The van der Waals surface area contributed by atoms with Crippen molar-refractivity contribution in [1.29, 1.82) is 0 Å². The molecule has 0 aromatic carbocycles. The van der Waals surface area contributed by atoms with Gasteiger partial charge in [0.05, 0.1) is 5.92 Å². The van der Waals surface area contributed by atoms with Crippen LogP contribution in [0.5, 0.6) is 0 Å². The van der Waals surface area contributed by atoms with Gasteiger partial charge in [0, 0.05) is 6.04 Å². The SMILES string of the molecule is O=C(O)C1CCCCC(N2CCCC2)C1. The number of carboxylic acids is 1. The Balaban J connectivity index is 1.94. The minimum absolute atomic E-state index is 0.0851. The second-order valence-electron chi connectivity index (χ2n) is 4.95. The number of aliphatic carboxylic acids is 1. The van der Waals surface area contributed by atoms with Gasteiger partial charge in [0.25, 0.3) is 0 Å². The van der Waals surface area contributed by atoms with Gasteiger partial charge < -0.3 is 10.0 Å². The lowest BCUT2D eigenvalue weighted by Crippen LogP contribution is -2.34. The van der Waals surface area contributed by atoms with E-state index in [1.165, 1.54) is 38.8 Å². The first-order chi connectivity index (χ1) is 7.27. The molecule has 2 aliphatic rings. The Kier molecular flexibility index (Phi) is 3.62. The van der Waals surface area contributed by atoms with Gasteiger partial charge in [-0.2, -0.15) is 0 Å². The maximum absolute atomic E-state index is 11.0. The van der Waals surface area contributed by atoms with Crippen molar-refractivity contribution in [2.75, 3.05) is 13.1 Å². The van der Waals surface area contributed by atoms with E-state index in [1.54, 1.807) is 0 Å². The topological polar surface area (TPSA) is 40.5 Å². The minimum atomic E-state index is -0.582. The molecule has 0 spiro atoms. The summed E-state index contributed by atoms with van der Waals surface area (Å²) >= 11 is 0. The maximum Gasteiger partial charge on any atom is 0.306 e. The number of hydrogen-bond acceptors (Lipinski definition) is 2. The smallest absolute Gasteiger partial charge is 0.306 e. The van der Waals surface area contributed by atoms with E-state index >= 15 is 0 Å². The first kappa shape index (κ1) is 10.9. The normalized spacial score (nSPS) is 33.9. The highest BCUT2D eigenvalue weighted by Gasteiger charge is 2.29. The van der Waals surface area contributed by atoms with Gasteiger partial charge in [-0.25, -0.2) is 0 Å².